The molecule has 0 saturated heterocycles. The molecule has 1 heterocycles. The van der Waals surface area contributed by atoms with Crippen LogP contribution in [0.3, 0.4) is 0 Å². The quantitative estimate of drug-likeness (QED) is 0.761. The highest BCUT2D eigenvalue weighted by molar-refractivity contribution is 5.80. The molecule has 0 bridgehead atoms. The highest BCUT2D eigenvalue weighted by atomic mass is 16.5. The van der Waals surface area contributed by atoms with E-state index >= 15 is 0 Å². The number of ketones is 1. The van der Waals surface area contributed by atoms with Crippen LogP contribution in [0.5, 0.6) is 0 Å². The van der Waals surface area contributed by atoms with Crippen LogP contribution in [0.4, 0.5) is 0 Å². The Kier molecular flexibility index (Phi) is 5.11. The molecule has 4 heteroatoms. The average molecular weight is 264 g/mol. The highest BCUT2D eigenvalue weighted by Crippen LogP contribution is 2.29. The van der Waals surface area contributed by atoms with Gasteiger partial charge in [-0.05, 0) is 18.8 Å². The van der Waals surface area contributed by atoms with Gasteiger partial charge in [0.25, 0.3) is 0 Å². The SMILES string of the molecule is CC(C)CC(=O)Cc1nc(C2CCCCCC2)no1. The Labute approximate surface area is 115 Å². The predicted octanol–water partition coefficient (Wildman–Crippen LogP) is 3.67. The largest absolute Gasteiger partial charge is 0.339 e. The molecule has 0 atom stereocenters. The van der Waals surface area contributed by atoms with Crippen LogP contribution in [0.15, 0.2) is 4.52 Å². The minimum atomic E-state index is 0.186. The van der Waals surface area contributed by atoms with E-state index in [2.05, 4.69) is 10.1 Å². The molecule has 1 aliphatic rings. The molecule has 1 saturated carbocycles. The van der Waals surface area contributed by atoms with Crippen LogP contribution in [0.1, 0.15) is 76.4 Å². The van der Waals surface area contributed by atoms with Gasteiger partial charge in [0.05, 0.1) is 6.42 Å². The van der Waals surface area contributed by atoms with Gasteiger partial charge in [-0.25, -0.2) is 0 Å². The summed E-state index contributed by atoms with van der Waals surface area (Å²) in [7, 11) is 0. The standard InChI is InChI=1S/C15H24N2O2/c1-11(2)9-13(18)10-14-16-15(17-19-14)12-7-5-3-4-6-8-12/h11-12H,3-10H2,1-2H3. The molecule has 0 radical (unpaired) electrons. The van der Waals surface area contributed by atoms with Crippen molar-refractivity contribution in [2.75, 3.05) is 0 Å². The molecule has 4 nitrogen and oxygen atoms in total. The lowest BCUT2D eigenvalue weighted by molar-refractivity contribution is -0.119. The van der Waals surface area contributed by atoms with E-state index in [0.29, 0.717) is 24.1 Å². The predicted molar refractivity (Wildman–Crippen MR) is 72.9 cm³/mol. The monoisotopic (exact) mass is 264 g/mol. The first-order valence-electron chi connectivity index (χ1n) is 7.49. The van der Waals surface area contributed by atoms with Crippen LogP contribution in [0.2, 0.25) is 0 Å². The molecular formula is C15H24N2O2. The molecule has 1 aliphatic carbocycles. The van der Waals surface area contributed by atoms with E-state index < -0.39 is 0 Å². The van der Waals surface area contributed by atoms with Gasteiger partial charge in [-0.3, -0.25) is 4.79 Å². The van der Waals surface area contributed by atoms with Gasteiger partial charge in [0.1, 0.15) is 5.78 Å². The van der Waals surface area contributed by atoms with E-state index in [-0.39, 0.29) is 12.2 Å². The van der Waals surface area contributed by atoms with Crippen molar-refractivity contribution in [3.63, 3.8) is 0 Å². The lowest BCUT2D eigenvalue weighted by Crippen LogP contribution is -2.07. The summed E-state index contributed by atoms with van der Waals surface area (Å²) in [4.78, 5) is 16.2. The van der Waals surface area contributed by atoms with Crippen molar-refractivity contribution in [2.24, 2.45) is 5.92 Å². The van der Waals surface area contributed by atoms with E-state index in [9.17, 15) is 4.79 Å². The van der Waals surface area contributed by atoms with Gasteiger partial charge in [0, 0.05) is 12.3 Å². The topological polar surface area (TPSA) is 56.0 Å². The minimum Gasteiger partial charge on any atom is -0.339 e. The summed E-state index contributed by atoms with van der Waals surface area (Å²) >= 11 is 0. The number of Topliss-reactive ketones (excluding diaryl/α,β-unsaturated/α-hetero) is 1. The Balaban J connectivity index is 1.92. The smallest absolute Gasteiger partial charge is 0.234 e. The highest BCUT2D eigenvalue weighted by Gasteiger charge is 2.20. The second-order valence-corrected chi connectivity index (χ2v) is 6.05. The Morgan fingerprint density at radius 2 is 1.95 bits per heavy atom. The third kappa shape index (κ3) is 4.44. The van der Waals surface area contributed by atoms with Crippen LogP contribution < -0.4 is 0 Å². The van der Waals surface area contributed by atoms with Gasteiger partial charge in [-0.1, -0.05) is 44.7 Å². The number of nitrogens with zero attached hydrogens (tertiary/aromatic N) is 2. The summed E-state index contributed by atoms with van der Waals surface area (Å²) in [5.74, 6) is 2.31. The van der Waals surface area contributed by atoms with E-state index in [0.717, 1.165) is 18.7 Å². The van der Waals surface area contributed by atoms with Gasteiger partial charge < -0.3 is 4.52 Å². The minimum absolute atomic E-state index is 0.186. The summed E-state index contributed by atoms with van der Waals surface area (Å²) < 4.78 is 5.23. The fourth-order valence-electron chi connectivity index (χ4n) is 2.74. The maximum absolute atomic E-state index is 11.7. The third-order valence-electron chi connectivity index (χ3n) is 3.69. The van der Waals surface area contributed by atoms with Crippen molar-refractivity contribution in [3.05, 3.63) is 11.7 Å². The molecular weight excluding hydrogens is 240 g/mol. The zero-order chi connectivity index (χ0) is 13.7. The molecule has 106 valence electrons. The Morgan fingerprint density at radius 1 is 1.26 bits per heavy atom. The van der Waals surface area contributed by atoms with E-state index in [1.807, 2.05) is 13.8 Å². The third-order valence-corrected chi connectivity index (χ3v) is 3.69. The average Bonchev–Trinajstić information content (AvgIpc) is 2.63. The summed E-state index contributed by atoms with van der Waals surface area (Å²) in [6.07, 6.45) is 8.31. The number of aromatic nitrogens is 2. The number of hydrogen-bond donors (Lipinski definition) is 0. The molecule has 2 rings (SSSR count). The maximum atomic E-state index is 11.7. The van der Waals surface area contributed by atoms with Crippen LogP contribution in [0, 0.1) is 5.92 Å². The summed E-state index contributed by atoms with van der Waals surface area (Å²) in [6, 6.07) is 0. The van der Waals surface area contributed by atoms with Gasteiger partial charge in [0.15, 0.2) is 5.82 Å². The van der Waals surface area contributed by atoms with E-state index in [4.69, 9.17) is 4.52 Å². The van der Waals surface area contributed by atoms with E-state index in [1.165, 1.54) is 25.7 Å². The van der Waals surface area contributed by atoms with Crippen molar-refractivity contribution in [1.82, 2.24) is 10.1 Å². The van der Waals surface area contributed by atoms with E-state index in [1.54, 1.807) is 0 Å². The molecule has 0 aromatic carbocycles. The maximum Gasteiger partial charge on any atom is 0.234 e. The second-order valence-electron chi connectivity index (χ2n) is 6.05. The fraction of sp³-hybridized carbons (Fsp3) is 0.800. The molecule has 0 N–H and O–H groups in total. The summed E-state index contributed by atoms with van der Waals surface area (Å²) in [5.41, 5.74) is 0. The first-order valence-corrected chi connectivity index (χ1v) is 7.49. The molecule has 1 fully saturated rings. The fourth-order valence-corrected chi connectivity index (χ4v) is 2.74. The Morgan fingerprint density at radius 3 is 2.58 bits per heavy atom. The van der Waals surface area contributed by atoms with Gasteiger partial charge >= 0.3 is 0 Å². The molecule has 19 heavy (non-hydrogen) atoms. The van der Waals surface area contributed by atoms with Crippen molar-refractivity contribution < 1.29 is 9.32 Å². The number of carbonyl (C=O) groups is 1. The van der Waals surface area contributed by atoms with Crippen LogP contribution >= 0.6 is 0 Å². The van der Waals surface area contributed by atoms with Crippen molar-refractivity contribution in [1.29, 1.82) is 0 Å². The molecule has 0 aliphatic heterocycles. The zero-order valence-corrected chi connectivity index (χ0v) is 12.0. The number of rotatable bonds is 5. The lowest BCUT2D eigenvalue weighted by atomic mass is 10.00. The van der Waals surface area contributed by atoms with Crippen LogP contribution in [-0.4, -0.2) is 15.9 Å². The molecule has 0 unspecified atom stereocenters. The lowest BCUT2D eigenvalue weighted by Gasteiger charge is -2.07. The van der Waals surface area contributed by atoms with Crippen LogP contribution in [0.25, 0.3) is 0 Å². The van der Waals surface area contributed by atoms with Gasteiger partial charge in [-0.2, -0.15) is 4.98 Å². The molecule has 0 spiro atoms. The molecule has 0 amide bonds. The van der Waals surface area contributed by atoms with Crippen molar-refractivity contribution in [2.45, 2.75) is 71.1 Å². The summed E-state index contributed by atoms with van der Waals surface area (Å²) in [6.45, 7) is 4.09. The molecule has 1 aromatic heterocycles. The van der Waals surface area contributed by atoms with Gasteiger partial charge in [0.2, 0.25) is 5.89 Å². The second kappa shape index (κ2) is 6.83. The Bertz CT molecular complexity index is 404. The van der Waals surface area contributed by atoms with Crippen LogP contribution in [-0.2, 0) is 11.2 Å². The molecule has 1 aromatic rings. The first kappa shape index (κ1) is 14.2. The van der Waals surface area contributed by atoms with Gasteiger partial charge in [-0.15, -0.1) is 0 Å². The first-order chi connectivity index (χ1) is 9.15. The van der Waals surface area contributed by atoms with Crippen molar-refractivity contribution >= 4 is 5.78 Å². The zero-order valence-electron chi connectivity index (χ0n) is 12.0. The van der Waals surface area contributed by atoms with Crippen molar-refractivity contribution in [3.8, 4) is 0 Å². The Hall–Kier alpha value is -1.19. The number of carbonyl (C=O) groups excluding carboxylic acids is 1. The normalized spacial score (nSPS) is 17.6. The number of hydrogen-bond acceptors (Lipinski definition) is 4. The summed E-state index contributed by atoms with van der Waals surface area (Å²) in [5, 5.41) is 4.08.